The molecule has 2 N–H and O–H groups in total. The van der Waals surface area contributed by atoms with Crippen molar-refractivity contribution in [1.29, 1.82) is 0 Å². The summed E-state index contributed by atoms with van der Waals surface area (Å²) in [4.78, 5) is 28.2. The van der Waals surface area contributed by atoms with E-state index in [1.807, 2.05) is 109 Å². The number of hydrogen-bond donors (Lipinski definition) is 1. The third kappa shape index (κ3) is 2.78. The fourth-order valence-corrected chi connectivity index (χ4v) is 6.54. The number of fused-ring (bicyclic) bond motifs is 2. The molecule has 1 saturated carbocycles. The number of ketones is 1. The van der Waals surface area contributed by atoms with Gasteiger partial charge in [0.2, 0.25) is 5.91 Å². The quantitative estimate of drug-likeness (QED) is 0.428. The van der Waals surface area contributed by atoms with Gasteiger partial charge in [0.15, 0.2) is 5.78 Å². The van der Waals surface area contributed by atoms with Gasteiger partial charge in [0, 0.05) is 0 Å². The van der Waals surface area contributed by atoms with Crippen molar-refractivity contribution in [1.82, 2.24) is 0 Å². The summed E-state index contributed by atoms with van der Waals surface area (Å²) >= 11 is 0. The zero-order valence-corrected chi connectivity index (χ0v) is 19.2. The molecule has 3 nitrogen and oxygen atoms in total. The Hall–Kier alpha value is -4.24. The second-order valence-electron chi connectivity index (χ2n) is 9.42. The van der Waals surface area contributed by atoms with Crippen LogP contribution in [0.2, 0.25) is 0 Å². The zero-order valence-electron chi connectivity index (χ0n) is 19.2. The lowest BCUT2D eigenvalue weighted by Crippen LogP contribution is -2.43. The highest BCUT2D eigenvalue weighted by atomic mass is 16.2. The summed E-state index contributed by atoms with van der Waals surface area (Å²) in [7, 11) is 0. The van der Waals surface area contributed by atoms with Crippen LogP contribution in [0.15, 0.2) is 121 Å². The second kappa shape index (κ2) is 7.92. The van der Waals surface area contributed by atoms with Gasteiger partial charge < -0.3 is 5.73 Å². The molecule has 0 aromatic heterocycles. The van der Waals surface area contributed by atoms with Crippen molar-refractivity contribution in [3.63, 3.8) is 0 Å². The second-order valence-corrected chi connectivity index (χ2v) is 9.42. The largest absolute Gasteiger partial charge is 0.369 e. The minimum atomic E-state index is -1.17. The molecule has 0 saturated heterocycles. The molecular formula is C32H25NO2. The molecule has 4 aromatic rings. The number of primary amides is 1. The smallest absolute Gasteiger partial charge is 0.222 e. The summed E-state index contributed by atoms with van der Waals surface area (Å²) in [5.74, 6) is -1.08. The number of allylic oxidation sites excluding steroid dienone is 2. The average molecular weight is 456 g/mol. The van der Waals surface area contributed by atoms with Gasteiger partial charge in [-0.15, -0.1) is 0 Å². The maximum atomic E-state index is 15.0. The lowest BCUT2D eigenvalue weighted by atomic mass is 9.62. The van der Waals surface area contributed by atoms with Crippen LogP contribution in [0, 0.1) is 5.92 Å². The van der Waals surface area contributed by atoms with Crippen LogP contribution in [0.3, 0.4) is 0 Å². The maximum absolute atomic E-state index is 15.0. The Labute approximate surface area is 204 Å². The van der Waals surface area contributed by atoms with E-state index in [0.29, 0.717) is 6.42 Å². The summed E-state index contributed by atoms with van der Waals surface area (Å²) < 4.78 is 0. The van der Waals surface area contributed by atoms with Gasteiger partial charge in [-0.05, 0) is 39.8 Å². The third-order valence-electron chi connectivity index (χ3n) is 7.81. The van der Waals surface area contributed by atoms with Gasteiger partial charge in [-0.2, -0.15) is 0 Å². The van der Waals surface area contributed by atoms with Crippen molar-refractivity contribution in [3.05, 3.63) is 144 Å². The topological polar surface area (TPSA) is 60.2 Å². The first-order valence-corrected chi connectivity index (χ1v) is 11.9. The van der Waals surface area contributed by atoms with E-state index in [4.69, 9.17) is 5.73 Å². The number of hydrogen-bond acceptors (Lipinski definition) is 2. The Balaban J connectivity index is 1.83. The number of nitrogens with two attached hydrogens (primary N) is 1. The molecule has 0 radical (unpaired) electrons. The first kappa shape index (κ1) is 21.3. The molecular weight excluding hydrogens is 430 g/mol. The van der Waals surface area contributed by atoms with Gasteiger partial charge in [-0.25, -0.2) is 0 Å². The molecule has 2 aliphatic carbocycles. The highest BCUT2D eigenvalue weighted by molar-refractivity contribution is 6.31. The fraction of sp³-hybridized carbons (Fsp3) is 0.125. The number of rotatable bonds is 5. The predicted molar refractivity (Wildman–Crippen MR) is 138 cm³/mol. The molecule has 0 aliphatic heterocycles. The first-order chi connectivity index (χ1) is 17.1. The standard InChI is InChI=1S/C32H25NO2/c33-29(34)26-21-31(24-17-9-3-10-18-24)27(22-13-5-1-6-14-22)28(23-15-7-2-8-16-23)32(26,30(31)35)25-19-11-4-12-20-25/h1-20,26H,21H2,(H2,33,34)/t26-,31-,32-/m1/s1. The molecule has 2 aliphatic rings. The summed E-state index contributed by atoms with van der Waals surface area (Å²) in [6, 6.07) is 39.7. The molecule has 0 spiro atoms. The van der Waals surface area contributed by atoms with Crippen LogP contribution < -0.4 is 5.73 Å². The van der Waals surface area contributed by atoms with Crippen molar-refractivity contribution in [2.75, 3.05) is 0 Å². The van der Waals surface area contributed by atoms with Crippen LogP contribution >= 0.6 is 0 Å². The van der Waals surface area contributed by atoms with E-state index in [1.54, 1.807) is 0 Å². The van der Waals surface area contributed by atoms with Gasteiger partial charge in [0.05, 0.1) is 16.7 Å². The molecule has 4 aromatic carbocycles. The van der Waals surface area contributed by atoms with E-state index < -0.39 is 22.7 Å². The highest BCUT2D eigenvalue weighted by Gasteiger charge is 2.73. The Morgan fingerprint density at radius 2 is 1.06 bits per heavy atom. The van der Waals surface area contributed by atoms with Crippen molar-refractivity contribution < 1.29 is 9.59 Å². The van der Waals surface area contributed by atoms with E-state index in [-0.39, 0.29) is 5.78 Å². The van der Waals surface area contributed by atoms with E-state index in [0.717, 1.165) is 33.4 Å². The molecule has 1 amide bonds. The van der Waals surface area contributed by atoms with Crippen LogP contribution in [-0.2, 0) is 20.4 Å². The number of carbonyl (C=O) groups excluding carboxylic acids is 2. The van der Waals surface area contributed by atoms with Crippen molar-refractivity contribution in [2.24, 2.45) is 11.7 Å². The summed E-state index contributed by atoms with van der Waals surface area (Å²) in [6.45, 7) is 0. The lowest BCUT2D eigenvalue weighted by Gasteiger charge is -2.38. The van der Waals surface area contributed by atoms with E-state index in [9.17, 15) is 4.79 Å². The van der Waals surface area contributed by atoms with Crippen LogP contribution in [-0.4, -0.2) is 11.7 Å². The molecule has 35 heavy (non-hydrogen) atoms. The van der Waals surface area contributed by atoms with Gasteiger partial charge in [-0.1, -0.05) is 121 Å². The zero-order chi connectivity index (χ0) is 24.0. The molecule has 170 valence electrons. The fourth-order valence-electron chi connectivity index (χ4n) is 6.54. The third-order valence-corrected chi connectivity index (χ3v) is 7.81. The van der Waals surface area contributed by atoms with Gasteiger partial charge in [0.25, 0.3) is 0 Å². The number of Topliss-reactive ketones (excluding diaryl/α,β-unsaturated/α-hetero) is 1. The van der Waals surface area contributed by atoms with Crippen molar-refractivity contribution in [3.8, 4) is 0 Å². The van der Waals surface area contributed by atoms with E-state index in [1.165, 1.54) is 0 Å². The molecule has 3 atom stereocenters. The van der Waals surface area contributed by atoms with Gasteiger partial charge >= 0.3 is 0 Å². The summed E-state index contributed by atoms with van der Waals surface area (Å²) in [5, 5.41) is 0. The number of carbonyl (C=O) groups is 2. The highest BCUT2D eigenvalue weighted by Crippen LogP contribution is 2.70. The van der Waals surface area contributed by atoms with Gasteiger partial charge in [-0.3, -0.25) is 9.59 Å². The SMILES string of the molecule is NC(=O)[C@H]1C[C@]2(c3ccccc3)C(=O)[C@@]1(c1ccccc1)C(c1ccccc1)=C2c1ccccc1. The number of benzene rings is 4. The summed E-state index contributed by atoms with van der Waals surface area (Å²) in [6.07, 6.45) is 0.348. The molecule has 0 heterocycles. The Bertz CT molecular complexity index is 1440. The van der Waals surface area contributed by atoms with Gasteiger partial charge in [0.1, 0.15) is 0 Å². The van der Waals surface area contributed by atoms with Crippen molar-refractivity contribution >= 4 is 22.8 Å². The van der Waals surface area contributed by atoms with Crippen LogP contribution in [0.25, 0.3) is 11.1 Å². The maximum Gasteiger partial charge on any atom is 0.222 e. The van der Waals surface area contributed by atoms with E-state index in [2.05, 4.69) is 12.1 Å². The molecule has 2 bridgehead atoms. The van der Waals surface area contributed by atoms with E-state index >= 15 is 4.79 Å². The molecule has 6 rings (SSSR count). The Kier molecular flexibility index (Phi) is 4.82. The normalized spacial score (nSPS) is 25.1. The minimum Gasteiger partial charge on any atom is -0.369 e. The minimum absolute atomic E-state index is 0.0314. The first-order valence-electron chi connectivity index (χ1n) is 11.9. The molecule has 0 unspecified atom stereocenters. The van der Waals surface area contributed by atoms with Crippen LogP contribution in [0.5, 0.6) is 0 Å². The summed E-state index contributed by atoms with van der Waals surface area (Å²) in [5.41, 5.74) is 9.47. The van der Waals surface area contributed by atoms with Crippen LogP contribution in [0.1, 0.15) is 28.7 Å². The molecule has 1 fully saturated rings. The number of amides is 1. The lowest BCUT2D eigenvalue weighted by molar-refractivity contribution is -0.127. The average Bonchev–Trinajstić information content (AvgIpc) is 3.33. The molecule has 3 heteroatoms. The Morgan fingerprint density at radius 3 is 1.54 bits per heavy atom. The Morgan fingerprint density at radius 1 is 0.629 bits per heavy atom. The monoisotopic (exact) mass is 455 g/mol. The van der Waals surface area contributed by atoms with Crippen LogP contribution in [0.4, 0.5) is 0 Å². The van der Waals surface area contributed by atoms with Crippen molar-refractivity contribution in [2.45, 2.75) is 17.3 Å². The predicted octanol–water partition coefficient (Wildman–Crippen LogP) is 5.56.